The molecule has 5 heteroatoms. The molecule has 0 amide bonds. The zero-order valence-corrected chi connectivity index (χ0v) is 14.1. The van der Waals surface area contributed by atoms with E-state index >= 15 is 0 Å². The number of fused-ring (bicyclic) bond motifs is 1. The van der Waals surface area contributed by atoms with Crippen molar-refractivity contribution in [2.45, 2.75) is 25.8 Å². The van der Waals surface area contributed by atoms with Gasteiger partial charge in [-0.3, -0.25) is 4.90 Å². The van der Waals surface area contributed by atoms with Crippen molar-refractivity contribution in [1.29, 1.82) is 0 Å². The summed E-state index contributed by atoms with van der Waals surface area (Å²) in [6.07, 6.45) is 2.34. The highest BCUT2D eigenvalue weighted by Gasteiger charge is 2.35. The van der Waals surface area contributed by atoms with E-state index < -0.39 is 0 Å². The zero-order chi connectivity index (χ0) is 14.8. The summed E-state index contributed by atoms with van der Waals surface area (Å²) in [6, 6.07) is 4.71. The molecule has 1 saturated heterocycles. The lowest BCUT2D eigenvalue weighted by Crippen LogP contribution is -2.29. The Morgan fingerprint density at radius 2 is 2.14 bits per heavy atom. The Bertz CT molecular complexity index is 509. The van der Waals surface area contributed by atoms with Crippen molar-refractivity contribution >= 4 is 15.9 Å². The minimum absolute atomic E-state index is 0.391. The van der Waals surface area contributed by atoms with Crippen LogP contribution < -0.4 is 15.2 Å². The van der Waals surface area contributed by atoms with Gasteiger partial charge in [-0.25, -0.2) is 0 Å². The van der Waals surface area contributed by atoms with Gasteiger partial charge in [0.15, 0.2) is 11.5 Å². The Hall–Kier alpha value is -0.780. The molecule has 21 heavy (non-hydrogen) atoms. The van der Waals surface area contributed by atoms with Crippen LogP contribution in [0.2, 0.25) is 0 Å². The Labute approximate surface area is 134 Å². The van der Waals surface area contributed by atoms with E-state index in [1.807, 2.05) is 0 Å². The molecule has 1 aromatic carbocycles. The van der Waals surface area contributed by atoms with Gasteiger partial charge in [0.1, 0.15) is 13.2 Å². The summed E-state index contributed by atoms with van der Waals surface area (Å²) in [5.41, 5.74) is 7.29. The molecule has 4 nitrogen and oxygen atoms in total. The molecule has 2 aliphatic rings. The number of halogens is 1. The van der Waals surface area contributed by atoms with Crippen molar-refractivity contribution in [2.24, 2.45) is 11.7 Å². The fraction of sp³-hybridized carbons (Fsp3) is 0.625. The average Bonchev–Trinajstić information content (AvgIpc) is 2.90. The molecule has 2 atom stereocenters. The van der Waals surface area contributed by atoms with Gasteiger partial charge in [-0.05, 0) is 72.0 Å². The second-order valence-electron chi connectivity index (χ2n) is 5.79. The summed E-state index contributed by atoms with van der Waals surface area (Å²) in [5.74, 6) is 2.20. The zero-order valence-electron chi connectivity index (χ0n) is 12.5. The van der Waals surface area contributed by atoms with Crippen molar-refractivity contribution < 1.29 is 9.47 Å². The molecule has 1 fully saturated rings. The molecule has 0 aromatic heterocycles. The van der Waals surface area contributed by atoms with E-state index in [1.165, 1.54) is 18.4 Å². The maximum Gasteiger partial charge on any atom is 0.175 e. The van der Waals surface area contributed by atoms with Gasteiger partial charge in [0.25, 0.3) is 0 Å². The molecule has 0 radical (unpaired) electrons. The third-order valence-electron chi connectivity index (χ3n) is 4.40. The van der Waals surface area contributed by atoms with Crippen LogP contribution in [-0.4, -0.2) is 37.7 Å². The van der Waals surface area contributed by atoms with Crippen molar-refractivity contribution in [1.82, 2.24) is 4.90 Å². The number of hydrogen-bond acceptors (Lipinski definition) is 4. The van der Waals surface area contributed by atoms with Gasteiger partial charge in [-0.1, -0.05) is 6.92 Å². The number of benzene rings is 1. The van der Waals surface area contributed by atoms with Crippen molar-refractivity contribution in [2.75, 3.05) is 32.8 Å². The standard InChI is InChI=1S/C16H23BrN2O2/c1-2-4-19-5-3-11(10-18)15(19)12-8-13(17)16-14(9-12)20-6-7-21-16/h8-9,11,15H,2-7,10,18H2,1H3. The fourth-order valence-electron chi connectivity index (χ4n) is 3.50. The van der Waals surface area contributed by atoms with Crippen LogP contribution in [0, 0.1) is 5.92 Å². The molecule has 116 valence electrons. The first-order valence-electron chi connectivity index (χ1n) is 7.77. The van der Waals surface area contributed by atoms with Gasteiger partial charge >= 0.3 is 0 Å². The largest absolute Gasteiger partial charge is 0.486 e. The summed E-state index contributed by atoms with van der Waals surface area (Å²) in [6.45, 7) is 6.44. The van der Waals surface area contributed by atoms with Gasteiger partial charge in [0, 0.05) is 6.04 Å². The fourth-order valence-corrected chi connectivity index (χ4v) is 4.07. The highest BCUT2D eigenvalue weighted by Crippen LogP contribution is 2.44. The van der Waals surface area contributed by atoms with Crippen molar-refractivity contribution in [3.8, 4) is 11.5 Å². The molecule has 2 heterocycles. The lowest BCUT2D eigenvalue weighted by molar-refractivity contribution is 0.169. The number of likely N-dealkylation sites (tertiary alicyclic amines) is 1. The number of rotatable bonds is 4. The van der Waals surface area contributed by atoms with Crippen LogP contribution in [0.4, 0.5) is 0 Å². The molecule has 0 aliphatic carbocycles. The van der Waals surface area contributed by atoms with E-state index in [4.69, 9.17) is 15.2 Å². The summed E-state index contributed by atoms with van der Waals surface area (Å²) in [5, 5.41) is 0. The molecule has 2 N–H and O–H groups in total. The number of nitrogens with two attached hydrogens (primary N) is 1. The van der Waals surface area contributed by atoms with E-state index in [1.54, 1.807) is 0 Å². The number of nitrogens with zero attached hydrogens (tertiary/aromatic N) is 1. The Balaban J connectivity index is 1.95. The number of ether oxygens (including phenoxy) is 2. The molecule has 0 saturated carbocycles. The van der Waals surface area contributed by atoms with Gasteiger partial charge in [-0.15, -0.1) is 0 Å². The molecular weight excluding hydrogens is 332 g/mol. The van der Waals surface area contributed by atoms with Crippen LogP contribution in [0.5, 0.6) is 11.5 Å². The molecule has 0 bridgehead atoms. The first kappa shape index (κ1) is 15.1. The van der Waals surface area contributed by atoms with Crippen LogP contribution in [0.1, 0.15) is 31.4 Å². The molecule has 2 aliphatic heterocycles. The minimum Gasteiger partial charge on any atom is -0.486 e. The summed E-state index contributed by atoms with van der Waals surface area (Å²) < 4.78 is 12.4. The second-order valence-corrected chi connectivity index (χ2v) is 6.65. The Morgan fingerprint density at radius 3 is 2.90 bits per heavy atom. The number of hydrogen-bond donors (Lipinski definition) is 1. The van der Waals surface area contributed by atoms with Crippen LogP contribution in [-0.2, 0) is 0 Å². The Morgan fingerprint density at radius 1 is 1.33 bits per heavy atom. The average molecular weight is 355 g/mol. The normalized spacial score (nSPS) is 25.3. The van der Waals surface area contributed by atoms with Crippen LogP contribution in [0.15, 0.2) is 16.6 Å². The summed E-state index contributed by atoms with van der Waals surface area (Å²) in [7, 11) is 0. The molecule has 0 spiro atoms. The third-order valence-corrected chi connectivity index (χ3v) is 4.99. The van der Waals surface area contributed by atoms with E-state index in [0.717, 1.165) is 35.6 Å². The van der Waals surface area contributed by atoms with E-state index in [-0.39, 0.29) is 0 Å². The highest BCUT2D eigenvalue weighted by atomic mass is 79.9. The smallest absolute Gasteiger partial charge is 0.175 e. The van der Waals surface area contributed by atoms with E-state index in [0.29, 0.717) is 25.2 Å². The maximum atomic E-state index is 6.00. The first-order chi connectivity index (χ1) is 10.2. The van der Waals surface area contributed by atoms with Crippen LogP contribution >= 0.6 is 15.9 Å². The predicted octanol–water partition coefficient (Wildman–Crippen LogP) is 2.95. The van der Waals surface area contributed by atoms with Gasteiger partial charge in [-0.2, -0.15) is 0 Å². The lowest BCUT2D eigenvalue weighted by atomic mass is 9.93. The van der Waals surface area contributed by atoms with Crippen molar-refractivity contribution in [3.05, 3.63) is 22.2 Å². The van der Waals surface area contributed by atoms with Gasteiger partial charge < -0.3 is 15.2 Å². The third kappa shape index (κ3) is 2.91. The van der Waals surface area contributed by atoms with E-state index in [9.17, 15) is 0 Å². The van der Waals surface area contributed by atoms with Gasteiger partial charge in [0.05, 0.1) is 4.47 Å². The predicted molar refractivity (Wildman–Crippen MR) is 86.9 cm³/mol. The molecule has 2 unspecified atom stereocenters. The lowest BCUT2D eigenvalue weighted by Gasteiger charge is -2.29. The molecule has 1 aromatic rings. The van der Waals surface area contributed by atoms with Crippen molar-refractivity contribution in [3.63, 3.8) is 0 Å². The Kier molecular flexibility index (Phi) is 4.72. The summed E-state index contributed by atoms with van der Waals surface area (Å²) in [4.78, 5) is 2.55. The topological polar surface area (TPSA) is 47.7 Å². The molecule has 3 rings (SSSR count). The van der Waals surface area contributed by atoms with Gasteiger partial charge in [0.2, 0.25) is 0 Å². The molecular formula is C16H23BrN2O2. The quantitative estimate of drug-likeness (QED) is 0.902. The second kappa shape index (κ2) is 6.55. The monoisotopic (exact) mass is 354 g/mol. The van der Waals surface area contributed by atoms with E-state index in [2.05, 4.69) is 39.9 Å². The SMILES string of the molecule is CCCN1CCC(CN)C1c1cc(Br)c2c(c1)OCCO2. The summed E-state index contributed by atoms with van der Waals surface area (Å²) >= 11 is 3.63. The van der Waals surface area contributed by atoms with Crippen LogP contribution in [0.25, 0.3) is 0 Å². The minimum atomic E-state index is 0.391. The maximum absolute atomic E-state index is 6.00. The first-order valence-corrected chi connectivity index (χ1v) is 8.57. The van der Waals surface area contributed by atoms with Crippen LogP contribution in [0.3, 0.4) is 0 Å². The highest BCUT2D eigenvalue weighted by molar-refractivity contribution is 9.10.